The maximum atomic E-state index is 12.2. The molecule has 0 aliphatic carbocycles. The van der Waals surface area contributed by atoms with Crippen molar-refractivity contribution in [2.75, 3.05) is 6.61 Å². The number of nitrogens with zero attached hydrogens (tertiary/aromatic N) is 1. The number of aliphatic hydroxyl groups is 1. The van der Waals surface area contributed by atoms with Gasteiger partial charge in [0.1, 0.15) is 10.8 Å². The van der Waals surface area contributed by atoms with E-state index in [0.29, 0.717) is 22.3 Å². The maximum absolute atomic E-state index is 12.2. The van der Waals surface area contributed by atoms with E-state index in [1.54, 1.807) is 7.05 Å². The van der Waals surface area contributed by atoms with Crippen molar-refractivity contribution >= 4 is 29.1 Å². The fourth-order valence-electron chi connectivity index (χ4n) is 2.08. The molecule has 1 atom stereocenters. The van der Waals surface area contributed by atoms with E-state index in [9.17, 15) is 9.90 Å². The highest BCUT2D eigenvalue weighted by Crippen LogP contribution is 2.25. The third-order valence-electron chi connectivity index (χ3n) is 3.23. The van der Waals surface area contributed by atoms with E-state index in [0.717, 1.165) is 5.56 Å². The second-order valence-corrected chi connectivity index (χ2v) is 5.54. The van der Waals surface area contributed by atoms with Crippen molar-refractivity contribution in [2.45, 2.75) is 12.5 Å². The fraction of sp³-hybridized carbons (Fsp3) is 0.267. The van der Waals surface area contributed by atoms with E-state index in [1.165, 1.54) is 10.6 Å². The lowest BCUT2D eigenvalue weighted by Gasteiger charge is -2.16. The third kappa shape index (κ3) is 3.79. The molecule has 0 saturated heterocycles. The topological polar surface area (TPSA) is 54.3 Å². The molecule has 2 aromatic rings. The third-order valence-corrected chi connectivity index (χ3v) is 4.07. The summed E-state index contributed by atoms with van der Waals surface area (Å²) in [7, 11) is 1.66. The Hall–Kier alpha value is -1.49. The van der Waals surface area contributed by atoms with Crippen LogP contribution in [0.3, 0.4) is 0 Å². The highest BCUT2D eigenvalue weighted by atomic mass is 35.5. The molecule has 1 heterocycles. The van der Waals surface area contributed by atoms with E-state index in [-0.39, 0.29) is 18.6 Å². The van der Waals surface area contributed by atoms with Gasteiger partial charge in [-0.1, -0.05) is 53.5 Å². The molecule has 1 amide bonds. The minimum atomic E-state index is -0.368. The van der Waals surface area contributed by atoms with Crippen LogP contribution in [0.4, 0.5) is 0 Å². The number of carbonyl (C=O) groups excluding carboxylic acids is 1. The first kappa shape index (κ1) is 15.9. The van der Waals surface area contributed by atoms with Crippen LogP contribution in [-0.4, -0.2) is 28.2 Å². The summed E-state index contributed by atoms with van der Waals surface area (Å²) in [5, 5.41) is 12.9. The van der Waals surface area contributed by atoms with Gasteiger partial charge >= 0.3 is 0 Å². The number of rotatable bonds is 5. The summed E-state index contributed by atoms with van der Waals surface area (Å²) in [6.07, 6.45) is 0.551. The van der Waals surface area contributed by atoms with E-state index in [4.69, 9.17) is 23.2 Å². The molecule has 0 fully saturated rings. The van der Waals surface area contributed by atoms with Crippen molar-refractivity contribution in [3.05, 3.63) is 57.8 Å². The van der Waals surface area contributed by atoms with Gasteiger partial charge in [-0.15, -0.1) is 0 Å². The summed E-state index contributed by atoms with van der Waals surface area (Å²) in [4.78, 5) is 12.2. The van der Waals surface area contributed by atoms with Gasteiger partial charge in [0.05, 0.1) is 17.7 Å². The van der Waals surface area contributed by atoms with Gasteiger partial charge in [0, 0.05) is 7.05 Å². The molecule has 0 bridgehead atoms. The number of aliphatic hydroxyl groups excluding tert-OH is 1. The minimum Gasteiger partial charge on any atom is -0.394 e. The molecule has 2 rings (SSSR count). The number of carbonyl (C=O) groups is 1. The zero-order chi connectivity index (χ0) is 15.4. The Morgan fingerprint density at radius 3 is 2.52 bits per heavy atom. The molecule has 0 radical (unpaired) electrons. The minimum absolute atomic E-state index is 0.146. The molecule has 0 saturated carbocycles. The van der Waals surface area contributed by atoms with Crippen LogP contribution in [-0.2, 0) is 13.5 Å². The van der Waals surface area contributed by atoms with Gasteiger partial charge in [-0.2, -0.15) is 0 Å². The lowest BCUT2D eigenvalue weighted by molar-refractivity contribution is 0.0908. The Balaban J connectivity index is 2.07. The zero-order valence-electron chi connectivity index (χ0n) is 11.5. The lowest BCUT2D eigenvalue weighted by atomic mass is 10.1. The van der Waals surface area contributed by atoms with E-state index >= 15 is 0 Å². The van der Waals surface area contributed by atoms with Gasteiger partial charge in [-0.3, -0.25) is 4.79 Å². The molecule has 4 nitrogen and oxygen atoms in total. The van der Waals surface area contributed by atoms with Gasteiger partial charge in [-0.25, -0.2) is 0 Å². The van der Waals surface area contributed by atoms with E-state index in [2.05, 4.69) is 5.32 Å². The summed E-state index contributed by atoms with van der Waals surface area (Å²) in [6, 6.07) is 10.8. The van der Waals surface area contributed by atoms with Crippen LogP contribution in [0.2, 0.25) is 10.2 Å². The molecular weight excluding hydrogens is 311 g/mol. The molecule has 0 unspecified atom stereocenters. The van der Waals surface area contributed by atoms with Crippen LogP contribution in [0.25, 0.3) is 0 Å². The monoisotopic (exact) mass is 326 g/mol. The van der Waals surface area contributed by atoms with E-state index in [1.807, 2.05) is 30.3 Å². The molecule has 21 heavy (non-hydrogen) atoms. The quantitative estimate of drug-likeness (QED) is 0.887. The summed E-state index contributed by atoms with van der Waals surface area (Å²) in [6.45, 7) is -0.146. The van der Waals surface area contributed by atoms with Gasteiger partial charge in [0.15, 0.2) is 0 Å². The summed E-state index contributed by atoms with van der Waals surface area (Å²) >= 11 is 11.8. The molecule has 1 aromatic carbocycles. The first-order valence-corrected chi connectivity index (χ1v) is 7.25. The summed E-state index contributed by atoms with van der Waals surface area (Å²) < 4.78 is 1.51. The number of aromatic nitrogens is 1. The average molecular weight is 327 g/mol. The van der Waals surface area contributed by atoms with Crippen molar-refractivity contribution in [3.63, 3.8) is 0 Å². The van der Waals surface area contributed by atoms with Crippen molar-refractivity contribution in [1.29, 1.82) is 0 Å². The predicted octanol–water partition coefficient (Wildman–Crippen LogP) is 2.67. The SMILES string of the molecule is Cn1c(C(=O)N[C@@H](CO)Cc2ccccc2)cc(Cl)c1Cl. The first-order chi connectivity index (χ1) is 10.0. The highest BCUT2D eigenvalue weighted by molar-refractivity contribution is 6.41. The van der Waals surface area contributed by atoms with Crippen molar-refractivity contribution in [1.82, 2.24) is 9.88 Å². The molecular formula is C15H16Cl2N2O2. The van der Waals surface area contributed by atoms with Crippen LogP contribution in [0.15, 0.2) is 36.4 Å². The molecule has 2 N–H and O–H groups in total. The Labute approximate surface area is 133 Å². The summed E-state index contributed by atoms with van der Waals surface area (Å²) in [5.41, 5.74) is 1.40. The van der Waals surface area contributed by atoms with Crippen LogP contribution in [0.5, 0.6) is 0 Å². The second-order valence-electron chi connectivity index (χ2n) is 4.77. The Morgan fingerprint density at radius 1 is 1.33 bits per heavy atom. The molecule has 0 aliphatic rings. The molecule has 1 aromatic heterocycles. The Kier molecular flexibility index (Phi) is 5.28. The number of amides is 1. The van der Waals surface area contributed by atoms with Crippen molar-refractivity contribution < 1.29 is 9.90 Å². The van der Waals surface area contributed by atoms with Crippen molar-refractivity contribution in [3.8, 4) is 0 Å². The van der Waals surface area contributed by atoms with Gasteiger partial charge in [0.2, 0.25) is 0 Å². The predicted molar refractivity (Wildman–Crippen MR) is 83.9 cm³/mol. The molecule has 0 spiro atoms. The first-order valence-electron chi connectivity index (χ1n) is 6.49. The average Bonchev–Trinajstić information content (AvgIpc) is 2.75. The normalized spacial score (nSPS) is 12.2. The van der Waals surface area contributed by atoms with Gasteiger partial charge in [-0.05, 0) is 18.1 Å². The molecule has 112 valence electrons. The smallest absolute Gasteiger partial charge is 0.268 e. The Bertz CT molecular complexity index is 626. The number of hydrogen-bond donors (Lipinski definition) is 2. The lowest BCUT2D eigenvalue weighted by Crippen LogP contribution is -2.39. The van der Waals surface area contributed by atoms with Crippen LogP contribution in [0, 0.1) is 0 Å². The Morgan fingerprint density at radius 2 is 2.00 bits per heavy atom. The van der Waals surface area contributed by atoms with Crippen LogP contribution in [0.1, 0.15) is 16.1 Å². The maximum Gasteiger partial charge on any atom is 0.268 e. The van der Waals surface area contributed by atoms with Crippen molar-refractivity contribution in [2.24, 2.45) is 7.05 Å². The second kappa shape index (κ2) is 6.98. The molecule has 6 heteroatoms. The largest absolute Gasteiger partial charge is 0.394 e. The highest BCUT2D eigenvalue weighted by Gasteiger charge is 2.19. The fourth-order valence-corrected chi connectivity index (χ4v) is 2.46. The zero-order valence-corrected chi connectivity index (χ0v) is 13.0. The van der Waals surface area contributed by atoms with Crippen LogP contribution < -0.4 is 5.32 Å². The van der Waals surface area contributed by atoms with E-state index < -0.39 is 0 Å². The number of halogens is 2. The molecule has 0 aliphatic heterocycles. The van der Waals surface area contributed by atoms with Crippen LogP contribution >= 0.6 is 23.2 Å². The number of hydrogen-bond acceptors (Lipinski definition) is 2. The van der Waals surface area contributed by atoms with Gasteiger partial charge in [0.25, 0.3) is 5.91 Å². The number of nitrogens with one attached hydrogen (secondary N) is 1. The number of benzene rings is 1. The standard InChI is InChI=1S/C15H16Cl2N2O2/c1-19-13(8-12(16)14(19)17)15(21)18-11(9-20)7-10-5-3-2-4-6-10/h2-6,8,11,20H,7,9H2,1H3,(H,18,21)/t11-/m1/s1. The van der Waals surface area contributed by atoms with Gasteiger partial charge < -0.3 is 15.0 Å². The summed E-state index contributed by atoms with van der Waals surface area (Å²) in [5.74, 6) is -0.318.